The molecule has 2 rings (SSSR count). The Morgan fingerprint density at radius 3 is 3.08 bits per heavy atom. The lowest BCUT2D eigenvalue weighted by Gasteiger charge is -2.24. The van der Waals surface area contributed by atoms with Gasteiger partial charge in [-0.3, -0.25) is 0 Å². The third kappa shape index (κ3) is 1.60. The van der Waals surface area contributed by atoms with E-state index in [1.54, 1.807) is 0 Å². The second kappa shape index (κ2) is 3.26. The summed E-state index contributed by atoms with van der Waals surface area (Å²) < 4.78 is 5.55. The molecule has 1 heterocycles. The number of benzene rings is 1. The Hall–Kier alpha value is -1.22. The summed E-state index contributed by atoms with van der Waals surface area (Å²) in [6, 6.07) is 5.80. The zero-order valence-electron chi connectivity index (χ0n) is 7.49. The molecule has 0 saturated heterocycles. The lowest BCUT2D eigenvalue weighted by Crippen LogP contribution is -2.27. The normalized spacial score (nSPS) is 20.5. The van der Waals surface area contributed by atoms with Crippen LogP contribution in [0.3, 0.4) is 0 Å². The van der Waals surface area contributed by atoms with Gasteiger partial charge in [0.25, 0.3) is 0 Å². The maximum Gasteiger partial charge on any atom is 0.124 e. The molecule has 0 aromatic heterocycles. The topological polar surface area (TPSA) is 61.3 Å². The number of rotatable bonds is 1. The first-order chi connectivity index (χ1) is 6.29. The van der Waals surface area contributed by atoms with Crippen molar-refractivity contribution in [3.05, 3.63) is 23.8 Å². The first kappa shape index (κ1) is 8.38. The van der Waals surface area contributed by atoms with Crippen LogP contribution in [0.15, 0.2) is 18.2 Å². The number of hydrogen-bond donors (Lipinski definition) is 2. The predicted octanol–water partition coefficient (Wildman–Crippen LogP) is 0.779. The van der Waals surface area contributed by atoms with Gasteiger partial charge in [0, 0.05) is 17.7 Å². The molecule has 1 unspecified atom stereocenters. The first-order valence-corrected chi connectivity index (χ1v) is 4.51. The van der Waals surface area contributed by atoms with Gasteiger partial charge in [0.05, 0.1) is 6.61 Å². The van der Waals surface area contributed by atoms with E-state index in [1.165, 1.54) is 5.56 Å². The average molecular weight is 178 g/mol. The van der Waals surface area contributed by atoms with Gasteiger partial charge in [0.1, 0.15) is 5.75 Å². The molecule has 0 saturated carbocycles. The highest BCUT2D eigenvalue weighted by atomic mass is 16.5. The lowest BCUT2D eigenvalue weighted by atomic mass is 9.97. The number of hydrogen-bond acceptors (Lipinski definition) is 3. The van der Waals surface area contributed by atoms with Gasteiger partial charge in [-0.1, -0.05) is 6.07 Å². The van der Waals surface area contributed by atoms with E-state index >= 15 is 0 Å². The molecule has 3 heteroatoms. The molecule has 4 N–H and O–H groups in total. The molecule has 0 fully saturated rings. The summed E-state index contributed by atoms with van der Waals surface area (Å²) in [7, 11) is 0. The summed E-state index contributed by atoms with van der Waals surface area (Å²) in [6.45, 7) is 1.40. The molecule has 0 spiro atoms. The fourth-order valence-electron chi connectivity index (χ4n) is 1.60. The van der Waals surface area contributed by atoms with E-state index in [0.717, 1.165) is 17.9 Å². The Labute approximate surface area is 77.7 Å². The van der Waals surface area contributed by atoms with Crippen molar-refractivity contribution in [2.24, 2.45) is 11.7 Å². The molecule has 1 atom stereocenters. The van der Waals surface area contributed by atoms with Gasteiger partial charge >= 0.3 is 0 Å². The zero-order chi connectivity index (χ0) is 9.26. The van der Waals surface area contributed by atoms with Crippen LogP contribution in [0, 0.1) is 5.92 Å². The molecule has 1 aliphatic rings. The standard InChI is InChI=1S/C10H14N2O/c11-5-7-3-8-1-2-9(12)4-10(8)13-6-7/h1-2,4,7H,3,5-6,11-12H2. The van der Waals surface area contributed by atoms with Crippen molar-refractivity contribution in [1.82, 2.24) is 0 Å². The Kier molecular flexibility index (Phi) is 2.10. The molecule has 0 bridgehead atoms. The van der Waals surface area contributed by atoms with Crippen molar-refractivity contribution in [2.45, 2.75) is 6.42 Å². The van der Waals surface area contributed by atoms with Gasteiger partial charge in [-0.2, -0.15) is 0 Å². The SMILES string of the molecule is NCC1COc2cc(N)ccc2C1. The van der Waals surface area contributed by atoms with Crippen molar-refractivity contribution >= 4 is 5.69 Å². The largest absolute Gasteiger partial charge is 0.493 e. The van der Waals surface area contributed by atoms with Crippen LogP contribution in [0.5, 0.6) is 5.75 Å². The van der Waals surface area contributed by atoms with E-state index in [2.05, 4.69) is 0 Å². The smallest absolute Gasteiger partial charge is 0.124 e. The van der Waals surface area contributed by atoms with Crippen LogP contribution < -0.4 is 16.2 Å². The molecule has 13 heavy (non-hydrogen) atoms. The van der Waals surface area contributed by atoms with Crippen LogP contribution in [0.1, 0.15) is 5.56 Å². The molecular formula is C10H14N2O. The van der Waals surface area contributed by atoms with Gasteiger partial charge in [-0.05, 0) is 24.6 Å². The van der Waals surface area contributed by atoms with E-state index in [9.17, 15) is 0 Å². The molecule has 1 aliphatic heterocycles. The second-order valence-corrected chi connectivity index (χ2v) is 3.48. The second-order valence-electron chi connectivity index (χ2n) is 3.48. The minimum Gasteiger partial charge on any atom is -0.493 e. The number of nitrogens with two attached hydrogens (primary N) is 2. The van der Waals surface area contributed by atoms with E-state index < -0.39 is 0 Å². The summed E-state index contributed by atoms with van der Waals surface area (Å²) in [4.78, 5) is 0. The van der Waals surface area contributed by atoms with E-state index in [4.69, 9.17) is 16.2 Å². The number of fused-ring (bicyclic) bond motifs is 1. The third-order valence-electron chi connectivity index (χ3n) is 2.41. The van der Waals surface area contributed by atoms with Crippen LogP contribution in [0.4, 0.5) is 5.69 Å². The Morgan fingerprint density at radius 2 is 2.31 bits per heavy atom. The molecule has 0 radical (unpaired) electrons. The Bertz CT molecular complexity index is 312. The summed E-state index contributed by atoms with van der Waals surface area (Å²) in [5.74, 6) is 1.38. The van der Waals surface area contributed by atoms with Gasteiger partial charge < -0.3 is 16.2 Å². The lowest BCUT2D eigenvalue weighted by molar-refractivity contribution is 0.226. The van der Waals surface area contributed by atoms with E-state index in [1.807, 2.05) is 18.2 Å². The predicted molar refractivity (Wildman–Crippen MR) is 52.6 cm³/mol. The number of anilines is 1. The van der Waals surface area contributed by atoms with Crippen molar-refractivity contribution in [1.29, 1.82) is 0 Å². The Morgan fingerprint density at radius 1 is 1.46 bits per heavy atom. The Balaban J connectivity index is 2.26. The maximum absolute atomic E-state index is 5.64. The molecular weight excluding hydrogens is 164 g/mol. The van der Waals surface area contributed by atoms with Crippen molar-refractivity contribution in [2.75, 3.05) is 18.9 Å². The highest BCUT2D eigenvalue weighted by Gasteiger charge is 2.18. The summed E-state index contributed by atoms with van der Waals surface area (Å²) in [5, 5.41) is 0. The molecule has 0 amide bonds. The number of ether oxygens (including phenoxy) is 1. The summed E-state index contributed by atoms with van der Waals surface area (Å²) >= 11 is 0. The highest BCUT2D eigenvalue weighted by Crippen LogP contribution is 2.28. The monoisotopic (exact) mass is 178 g/mol. The highest BCUT2D eigenvalue weighted by molar-refractivity contribution is 5.49. The molecule has 1 aromatic carbocycles. The van der Waals surface area contributed by atoms with Gasteiger partial charge in [-0.15, -0.1) is 0 Å². The first-order valence-electron chi connectivity index (χ1n) is 4.51. The van der Waals surface area contributed by atoms with Crippen LogP contribution in [-0.4, -0.2) is 13.2 Å². The van der Waals surface area contributed by atoms with Crippen LogP contribution in [-0.2, 0) is 6.42 Å². The maximum atomic E-state index is 5.64. The van der Waals surface area contributed by atoms with E-state index in [0.29, 0.717) is 19.1 Å². The van der Waals surface area contributed by atoms with Gasteiger partial charge in [0.2, 0.25) is 0 Å². The van der Waals surface area contributed by atoms with Crippen molar-refractivity contribution in [3.63, 3.8) is 0 Å². The summed E-state index contributed by atoms with van der Waals surface area (Å²) in [6.07, 6.45) is 1.01. The average Bonchev–Trinajstić information content (AvgIpc) is 2.17. The van der Waals surface area contributed by atoms with Crippen LogP contribution >= 0.6 is 0 Å². The third-order valence-corrected chi connectivity index (χ3v) is 2.41. The van der Waals surface area contributed by atoms with Crippen LogP contribution in [0.2, 0.25) is 0 Å². The van der Waals surface area contributed by atoms with Crippen LogP contribution in [0.25, 0.3) is 0 Å². The van der Waals surface area contributed by atoms with Gasteiger partial charge in [-0.25, -0.2) is 0 Å². The quantitative estimate of drug-likeness (QED) is 0.625. The minimum atomic E-state index is 0.455. The van der Waals surface area contributed by atoms with Crippen molar-refractivity contribution < 1.29 is 4.74 Å². The summed E-state index contributed by atoms with van der Waals surface area (Å²) in [5.41, 5.74) is 13.2. The molecule has 1 aromatic rings. The van der Waals surface area contributed by atoms with Gasteiger partial charge in [0.15, 0.2) is 0 Å². The molecule has 70 valence electrons. The minimum absolute atomic E-state index is 0.455. The van der Waals surface area contributed by atoms with Crippen molar-refractivity contribution in [3.8, 4) is 5.75 Å². The molecule has 0 aliphatic carbocycles. The fourth-order valence-corrected chi connectivity index (χ4v) is 1.60. The zero-order valence-corrected chi connectivity index (χ0v) is 7.49. The molecule has 3 nitrogen and oxygen atoms in total. The van der Waals surface area contributed by atoms with E-state index in [-0.39, 0.29) is 0 Å². The number of nitrogen functional groups attached to an aromatic ring is 1. The fraction of sp³-hybridized carbons (Fsp3) is 0.400.